The number of rotatable bonds is 5. The Morgan fingerprint density at radius 3 is 2.93 bits per heavy atom. The minimum atomic E-state index is 0.486. The Morgan fingerprint density at radius 2 is 2.21 bits per heavy atom. The molecule has 0 amide bonds. The molecule has 0 saturated carbocycles. The van der Waals surface area contributed by atoms with Crippen LogP contribution in [0.15, 0.2) is 29.4 Å². The number of hydrogen-bond acceptors (Lipinski definition) is 2. The predicted octanol–water partition coefficient (Wildman–Crippen LogP) is 3.37. The quantitative estimate of drug-likeness (QED) is 0.270. The topological polar surface area (TPSA) is 58.0 Å². The summed E-state index contributed by atoms with van der Waals surface area (Å²) in [6.45, 7) is 1.07. The molecule has 1 aromatic rings. The molecule has 0 spiro atoms. The number of ether oxygens (including phenoxy) is 1. The monoisotopic (exact) mass is 303 g/mol. The molecule has 14 heavy (non-hydrogen) atoms. The first kappa shape index (κ1) is 11.1. The Hall–Kier alpha value is -0.940. The van der Waals surface area contributed by atoms with Crippen molar-refractivity contribution in [2.24, 2.45) is 5.11 Å². The molecule has 5 heteroatoms. The summed E-state index contributed by atoms with van der Waals surface area (Å²) in [7, 11) is 0. The van der Waals surface area contributed by atoms with Gasteiger partial charge in [0.25, 0.3) is 0 Å². The molecule has 0 heterocycles. The molecule has 0 aliphatic rings. The highest BCUT2D eigenvalue weighted by Crippen LogP contribution is 2.19. The number of halogens is 1. The van der Waals surface area contributed by atoms with Gasteiger partial charge in [-0.15, -0.1) is 0 Å². The van der Waals surface area contributed by atoms with E-state index in [4.69, 9.17) is 10.3 Å². The highest BCUT2D eigenvalue weighted by molar-refractivity contribution is 14.1. The van der Waals surface area contributed by atoms with Crippen LogP contribution in [0.25, 0.3) is 10.4 Å². The molecule has 0 aliphatic heterocycles. The van der Waals surface area contributed by atoms with Crippen molar-refractivity contribution in [1.29, 1.82) is 0 Å². The summed E-state index contributed by atoms with van der Waals surface area (Å²) in [6.07, 6.45) is 0.745. The van der Waals surface area contributed by atoms with Gasteiger partial charge in [0.15, 0.2) is 0 Å². The van der Waals surface area contributed by atoms with Gasteiger partial charge < -0.3 is 4.74 Å². The van der Waals surface area contributed by atoms with Crippen molar-refractivity contribution in [1.82, 2.24) is 0 Å². The second-order valence-corrected chi connectivity index (χ2v) is 3.75. The minimum absolute atomic E-state index is 0.486. The molecule has 4 nitrogen and oxygen atoms in total. The SMILES string of the molecule is [N-]=[N+]=NCCCOc1ccccc1I. The molecule has 1 rings (SSSR count). The summed E-state index contributed by atoms with van der Waals surface area (Å²) in [5.41, 5.74) is 8.04. The summed E-state index contributed by atoms with van der Waals surface area (Å²) in [5.74, 6) is 0.883. The zero-order chi connectivity index (χ0) is 10.2. The zero-order valence-corrected chi connectivity index (χ0v) is 9.72. The zero-order valence-electron chi connectivity index (χ0n) is 7.56. The fourth-order valence-corrected chi connectivity index (χ4v) is 1.47. The van der Waals surface area contributed by atoms with Gasteiger partial charge in [0.05, 0.1) is 10.2 Å². The first-order chi connectivity index (χ1) is 6.84. The van der Waals surface area contributed by atoms with Crippen LogP contribution in [0.5, 0.6) is 5.75 Å². The van der Waals surface area contributed by atoms with E-state index >= 15 is 0 Å². The Bertz CT molecular complexity index is 337. The molecule has 0 fully saturated rings. The normalized spacial score (nSPS) is 9.21. The van der Waals surface area contributed by atoms with Gasteiger partial charge in [-0.3, -0.25) is 0 Å². The fourth-order valence-electron chi connectivity index (χ4n) is 0.924. The maximum absolute atomic E-state index is 8.04. The van der Waals surface area contributed by atoms with E-state index < -0.39 is 0 Å². The molecule has 0 atom stereocenters. The molecule has 0 aliphatic carbocycles. The Balaban J connectivity index is 2.31. The second kappa shape index (κ2) is 6.50. The van der Waals surface area contributed by atoms with Gasteiger partial charge in [0.1, 0.15) is 5.75 Å². The fraction of sp³-hybridized carbons (Fsp3) is 0.333. The Labute approximate surface area is 96.0 Å². The lowest BCUT2D eigenvalue weighted by atomic mass is 10.3. The van der Waals surface area contributed by atoms with Gasteiger partial charge in [-0.1, -0.05) is 17.2 Å². The highest BCUT2D eigenvalue weighted by Gasteiger charge is 1.97. The van der Waals surface area contributed by atoms with Crippen molar-refractivity contribution in [3.05, 3.63) is 38.3 Å². The molecule has 0 radical (unpaired) electrons. The highest BCUT2D eigenvalue weighted by atomic mass is 127. The first-order valence-electron chi connectivity index (χ1n) is 4.23. The first-order valence-corrected chi connectivity index (χ1v) is 5.30. The lowest BCUT2D eigenvalue weighted by Crippen LogP contribution is -1.99. The van der Waals surface area contributed by atoms with Crippen LogP contribution in [-0.2, 0) is 0 Å². The Kier molecular flexibility index (Phi) is 5.17. The largest absolute Gasteiger partial charge is 0.492 e. The average Bonchev–Trinajstić information content (AvgIpc) is 2.20. The molecule has 0 N–H and O–H groups in total. The Morgan fingerprint density at radius 1 is 1.43 bits per heavy atom. The van der Waals surface area contributed by atoms with Crippen LogP contribution < -0.4 is 4.74 Å². The van der Waals surface area contributed by atoms with Crippen molar-refractivity contribution in [2.45, 2.75) is 6.42 Å². The smallest absolute Gasteiger partial charge is 0.132 e. The summed E-state index contributed by atoms with van der Waals surface area (Å²) >= 11 is 2.22. The molecule has 1 aromatic carbocycles. The minimum Gasteiger partial charge on any atom is -0.492 e. The number of benzene rings is 1. The maximum Gasteiger partial charge on any atom is 0.132 e. The van der Waals surface area contributed by atoms with E-state index in [9.17, 15) is 0 Å². The molecule has 74 valence electrons. The van der Waals surface area contributed by atoms with Crippen LogP contribution in [0, 0.1) is 3.57 Å². The van der Waals surface area contributed by atoms with Crippen molar-refractivity contribution >= 4 is 22.6 Å². The van der Waals surface area contributed by atoms with Gasteiger partial charge in [-0.25, -0.2) is 0 Å². The van der Waals surface area contributed by atoms with Gasteiger partial charge in [-0.05, 0) is 46.7 Å². The van der Waals surface area contributed by atoms with Crippen LogP contribution in [-0.4, -0.2) is 13.2 Å². The van der Waals surface area contributed by atoms with E-state index in [2.05, 4.69) is 32.6 Å². The average molecular weight is 303 g/mol. The third-order valence-corrected chi connectivity index (χ3v) is 2.45. The van der Waals surface area contributed by atoms with Crippen LogP contribution in [0.4, 0.5) is 0 Å². The lowest BCUT2D eigenvalue weighted by molar-refractivity contribution is 0.311. The van der Waals surface area contributed by atoms with Gasteiger partial charge >= 0.3 is 0 Å². The summed E-state index contributed by atoms with van der Waals surface area (Å²) in [6, 6.07) is 7.82. The molecular weight excluding hydrogens is 293 g/mol. The van der Waals surface area contributed by atoms with E-state index in [1.165, 1.54) is 0 Å². The van der Waals surface area contributed by atoms with Gasteiger partial charge in [-0.2, -0.15) is 0 Å². The van der Waals surface area contributed by atoms with E-state index in [1.54, 1.807) is 0 Å². The number of azide groups is 1. The maximum atomic E-state index is 8.04. The molecule has 0 saturated heterocycles. The van der Waals surface area contributed by atoms with E-state index in [1.807, 2.05) is 24.3 Å². The van der Waals surface area contributed by atoms with E-state index in [0.29, 0.717) is 13.2 Å². The number of para-hydroxylation sites is 1. The third-order valence-electron chi connectivity index (χ3n) is 1.56. The van der Waals surface area contributed by atoms with Crippen molar-refractivity contribution in [2.75, 3.05) is 13.2 Å². The second-order valence-electron chi connectivity index (χ2n) is 2.59. The predicted molar refractivity (Wildman–Crippen MR) is 63.3 cm³/mol. The molecule has 0 aromatic heterocycles. The van der Waals surface area contributed by atoms with E-state index in [-0.39, 0.29) is 0 Å². The van der Waals surface area contributed by atoms with E-state index in [0.717, 1.165) is 15.7 Å². The molecular formula is C9H10IN3O. The number of hydrogen-bond donors (Lipinski definition) is 0. The van der Waals surface area contributed by atoms with Crippen molar-refractivity contribution in [3.8, 4) is 5.75 Å². The molecule has 0 unspecified atom stereocenters. The standard InChI is InChI=1S/C9H10IN3O/c10-8-4-1-2-5-9(8)14-7-3-6-12-13-11/h1-2,4-5H,3,6-7H2. The number of nitrogens with zero attached hydrogens (tertiary/aromatic N) is 3. The molecule has 0 bridgehead atoms. The van der Waals surface area contributed by atoms with Crippen molar-refractivity contribution < 1.29 is 4.74 Å². The van der Waals surface area contributed by atoms with Crippen LogP contribution in [0.1, 0.15) is 6.42 Å². The van der Waals surface area contributed by atoms with Crippen molar-refractivity contribution in [3.63, 3.8) is 0 Å². The summed E-state index contributed by atoms with van der Waals surface area (Å²) < 4.78 is 6.58. The van der Waals surface area contributed by atoms with Crippen LogP contribution >= 0.6 is 22.6 Å². The van der Waals surface area contributed by atoms with Crippen LogP contribution in [0.2, 0.25) is 0 Å². The van der Waals surface area contributed by atoms with Gasteiger partial charge in [0.2, 0.25) is 0 Å². The van der Waals surface area contributed by atoms with Gasteiger partial charge in [0, 0.05) is 11.5 Å². The van der Waals surface area contributed by atoms with Crippen LogP contribution in [0.3, 0.4) is 0 Å². The lowest BCUT2D eigenvalue weighted by Gasteiger charge is -2.06. The summed E-state index contributed by atoms with van der Waals surface area (Å²) in [4.78, 5) is 2.67. The summed E-state index contributed by atoms with van der Waals surface area (Å²) in [5, 5.41) is 3.42. The third kappa shape index (κ3) is 3.85.